The highest BCUT2D eigenvalue weighted by Gasteiger charge is 2.22. The molecule has 3 aromatic rings. The molecular formula is C22H25N3O2. The van der Waals surface area contributed by atoms with Crippen molar-refractivity contribution in [3.05, 3.63) is 83.5 Å². The molecule has 5 nitrogen and oxygen atoms in total. The van der Waals surface area contributed by atoms with E-state index in [1.165, 1.54) is 11.1 Å². The molecule has 1 aliphatic rings. The minimum absolute atomic E-state index is 0.255. The summed E-state index contributed by atoms with van der Waals surface area (Å²) < 4.78 is 11.6. The first-order valence-electron chi connectivity index (χ1n) is 9.58. The van der Waals surface area contributed by atoms with Gasteiger partial charge >= 0.3 is 0 Å². The predicted octanol–water partition coefficient (Wildman–Crippen LogP) is 3.84. The number of piperidine rings is 1. The monoisotopic (exact) mass is 363 g/mol. The standard InChI is InChI=1S/C22H25N3O2/c1-3-8-18(9-4-1)14-21-23-22(27-24-21)16-25-13-7-12-20(15-25)26-17-19-10-5-2-6-11-19/h1-6,8-11,20H,7,12-17H2/t20-/m1/s1. The zero-order valence-electron chi connectivity index (χ0n) is 15.5. The summed E-state index contributed by atoms with van der Waals surface area (Å²) in [6, 6.07) is 20.6. The number of aromatic nitrogens is 2. The van der Waals surface area contributed by atoms with E-state index in [-0.39, 0.29) is 6.10 Å². The van der Waals surface area contributed by atoms with E-state index in [2.05, 4.69) is 51.4 Å². The predicted molar refractivity (Wildman–Crippen MR) is 103 cm³/mol. The van der Waals surface area contributed by atoms with E-state index in [0.29, 0.717) is 25.5 Å². The minimum atomic E-state index is 0.255. The second kappa shape index (κ2) is 8.93. The maximum absolute atomic E-state index is 6.11. The number of benzene rings is 2. The summed E-state index contributed by atoms with van der Waals surface area (Å²) in [7, 11) is 0. The molecule has 2 heterocycles. The number of ether oxygens (including phenoxy) is 1. The molecule has 0 saturated carbocycles. The van der Waals surface area contributed by atoms with Gasteiger partial charge in [0, 0.05) is 13.0 Å². The lowest BCUT2D eigenvalue weighted by molar-refractivity contribution is -0.0141. The van der Waals surface area contributed by atoms with Gasteiger partial charge in [-0.15, -0.1) is 0 Å². The SMILES string of the molecule is c1ccc(CO[C@@H]2CCCN(Cc3nc(Cc4ccccc4)no3)C2)cc1. The summed E-state index contributed by atoms with van der Waals surface area (Å²) in [4.78, 5) is 6.90. The molecule has 0 radical (unpaired) electrons. The van der Waals surface area contributed by atoms with Crippen LogP contribution in [0.1, 0.15) is 35.7 Å². The smallest absolute Gasteiger partial charge is 0.240 e. The van der Waals surface area contributed by atoms with Crippen molar-refractivity contribution in [2.24, 2.45) is 0 Å². The second-order valence-corrected chi connectivity index (χ2v) is 7.06. The van der Waals surface area contributed by atoms with Crippen molar-refractivity contribution < 1.29 is 9.26 Å². The van der Waals surface area contributed by atoms with Crippen LogP contribution in [-0.4, -0.2) is 34.2 Å². The van der Waals surface area contributed by atoms with Crippen LogP contribution in [-0.2, 0) is 24.3 Å². The lowest BCUT2D eigenvalue weighted by atomic mass is 10.1. The van der Waals surface area contributed by atoms with Crippen molar-refractivity contribution in [3.8, 4) is 0 Å². The Kier molecular flexibility index (Phi) is 5.92. The van der Waals surface area contributed by atoms with Gasteiger partial charge in [0.25, 0.3) is 0 Å². The Morgan fingerprint density at radius 2 is 1.74 bits per heavy atom. The van der Waals surface area contributed by atoms with Crippen LogP contribution in [0.15, 0.2) is 65.2 Å². The molecule has 0 unspecified atom stereocenters. The van der Waals surface area contributed by atoms with Crippen molar-refractivity contribution >= 4 is 0 Å². The summed E-state index contributed by atoms with van der Waals surface area (Å²) in [6.07, 6.45) is 3.19. The summed E-state index contributed by atoms with van der Waals surface area (Å²) >= 11 is 0. The van der Waals surface area contributed by atoms with E-state index in [1.807, 2.05) is 24.3 Å². The van der Waals surface area contributed by atoms with E-state index in [1.54, 1.807) is 0 Å². The first-order chi connectivity index (χ1) is 13.3. The average molecular weight is 363 g/mol. The van der Waals surface area contributed by atoms with Gasteiger partial charge in [-0.05, 0) is 30.5 Å². The fourth-order valence-electron chi connectivity index (χ4n) is 3.48. The summed E-state index contributed by atoms with van der Waals surface area (Å²) in [5.74, 6) is 1.43. The molecule has 4 rings (SSSR count). The van der Waals surface area contributed by atoms with Gasteiger partial charge in [-0.25, -0.2) is 0 Å². The topological polar surface area (TPSA) is 51.4 Å². The van der Waals surface area contributed by atoms with Crippen LogP contribution in [0.3, 0.4) is 0 Å². The fraction of sp³-hybridized carbons (Fsp3) is 0.364. The third-order valence-electron chi connectivity index (χ3n) is 4.86. The third kappa shape index (κ3) is 5.25. The lowest BCUT2D eigenvalue weighted by Crippen LogP contribution is -2.39. The van der Waals surface area contributed by atoms with Crippen molar-refractivity contribution in [2.45, 2.75) is 38.5 Å². The fourth-order valence-corrected chi connectivity index (χ4v) is 3.48. The van der Waals surface area contributed by atoms with Gasteiger partial charge in [0.1, 0.15) is 0 Å². The van der Waals surface area contributed by atoms with Crippen molar-refractivity contribution in [2.75, 3.05) is 13.1 Å². The summed E-state index contributed by atoms with van der Waals surface area (Å²) in [6.45, 7) is 3.30. The van der Waals surface area contributed by atoms with Gasteiger partial charge in [0.15, 0.2) is 5.82 Å². The van der Waals surface area contributed by atoms with Gasteiger partial charge in [0.2, 0.25) is 5.89 Å². The van der Waals surface area contributed by atoms with Crippen molar-refractivity contribution in [1.29, 1.82) is 0 Å². The molecule has 0 N–H and O–H groups in total. The number of rotatable bonds is 7. The molecule has 1 atom stereocenters. The second-order valence-electron chi connectivity index (χ2n) is 7.06. The van der Waals surface area contributed by atoms with Crippen LogP contribution in [0, 0.1) is 0 Å². The third-order valence-corrected chi connectivity index (χ3v) is 4.86. The molecule has 0 amide bonds. The number of likely N-dealkylation sites (tertiary alicyclic amines) is 1. The molecule has 1 fully saturated rings. The normalized spacial score (nSPS) is 17.9. The molecular weight excluding hydrogens is 338 g/mol. The summed E-state index contributed by atoms with van der Waals surface area (Å²) in [5.41, 5.74) is 2.41. The number of hydrogen-bond donors (Lipinski definition) is 0. The molecule has 0 spiro atoms. The first-order valence-corrected chi connectivity index (χ1v) is 9.58. The van der Waals surface area contributed by atoms with E-state index in [0.717, 1.165) is 31.8 Å². The number of hydrogen-bond acceptors (Lipinski definition) is 5. The number of nitrogens with zero attached hydrogens (tertiary/aromatic N) is 3. The quantitative estimate of drug-likeness (QED) is 0.638. The van der Waals surface area contributed by atoms with Gasteiger partial charge in [-0.3, -0.25) is 4.90 Å². The van der Waals surface area contributed by atoms with Crippen LogP contribution in [0.5, 0.6) is 0 Å². The highest BCUT2D eigenvalue weighted by molar-refractivity contribution is 5.18. The van der Waals surface area contributed by atoms with Crippen molar-refractivity contribution in [3.63, 3.8) is 0 Å². The minimum Gasteiger partial charge on any atom is -0.372 e. The largest absolute Gasteiger partial charge is 0.372 e. The highest BCUT2D eigenvalue weighted by Crippen LogP contribution is 2.17. The molecule has 1 saturated heterocycles. The highest BCUT2D eigenvalue weighted by atomic mass is 16.5. The lowest BCUT2D eigenvalue weighted by Gasteiger charge is -2.31. The van der Waals surface area contributed by atoms with Gasteiger partial charge in [0.05, 0.1) is 19.3 Å². The molecule has 140 valence electrons. The Hall–Kier alpha value is -2.50. The molecule has 1 aliphatic heterocycles. The Morgan fingerprint density at radius 3 is 2.52 bits per heavy atom. The van der Waals surface area contributed by atoms with Crippen LogP contribution in [0.4, 0.5) is 0 Å². The Labute approximate surface area is 160 Å². The van der Waals surface area contributed by atoms with Crippen LogP contribution < -0.4 is 0 Å². The zero-order valence-corrected chi connectivity index (χ0v) is 15.5. The van der Waals surface area contributed by atoms with E-state index in [9.17, 15) is 0 Å². The van der Waals surface area contributed by atoms with Crippen LogP contribution in [0.25, 0.3) is 0 Å². The molecule has 1 aromatic heterocycles. The molecule has 2 aromatic carbocycles. The maximum Gasteiger partial charge on any atom is 0.240 e. The Bertz CT molecular complexity index is 820. The van der Waals surface area contributed by atoms with Gasteiger partial charge < -0.3 is 9.26 Å². The summed E-state index contributed by atoms with van der Waals surface area (Å²) in [5, 5.41) is 4.13. The molecule has 0 aliphatic carbocycles. The molecule has 0 bridgehead atoms. The maximum atomic E-state index is 6.11. The van der Waals surface area contributed by atoms with E-state index in [4.69, 9.17) is 9.26 Å². The Morgan fingerprint density at radius 1 is 1.00 bits per heavy atom. The first kappa shape index (κ1) is 17.9. The van der Waals surface area contributed by atoms with Gasteiger partial charge in [-0.2, -0.15) is 4.98 Å². The van der Waals surface area contributed by atoms with Crippen molar-refractivity contribution in [1.82, 2.24) is 15.0 Å². The van der Waals surface area contributed by atoms with Crippen LogP contribution >= 0.6 is 0 Å². The van der Waals surface area contributed by atoms with Crippen LogP contribution in [0.2, 0.25) is 0 Å². The Balaban J connectivity index is 1.28. The zero-order chi connectivity index (χ0) is 18.3. The molecule has 5 heteroatoms. The molecule has 27 heavy (non-hydrogen) atoms. The van der Waals surface area contributed by atoms with E-state index >= 15 is 0 Å². The van der Waals surface area contributed by atoms with E-state index < -0.39 is 0 Å². The van der Waals surface area contributed by atoms with Gasteiger partial charge in [-0.1, -0.05) is 65.8 Å². The average Bonchev–Trinajstić information content (AvgIpc) is 3.15.